The Hall–Kier alpha value is -5.24. The lowest BCUT2D eigenvalue weighted by Gasteiger charge is -2.12. The third-order valence-corrected chi connectivity index (χ3v) is 5.36. The van der Waals surface area contributed by atoms with E-state index in [-0.39, 0.29) is 5.91 Å². The molecule has 0 aliphatic carbocycles. The second-order valence-corrected chi connectivity index (χ2v) is 8.20. The van der Waals surface area contributed by atoms with Gasteiger partial charge < -0.3 is 20.7 Å². The summed E-state index contributed by atoms with van der Waals surface area (Å²) in [4.78, 5) is 25.8. The molecule has 3 aromatic carbocycles. The molecule has 5 rings (SSSR count). The smallest absolute Gasteiger partial charge is 0.259 e. The number of hydrogen-bond acceptors (Lipinski definition) is 7. The van der Waals surface area contributed by atoms with Crippen LogP contribution in [0.3, 0.4) is 0 Å². The number of pyridine rings is 1. The van der Waals surface area contributed by atoms with Crippen LogP contribution in [0.25, 0.3) is 0 Å². The maximum absolute atomic E-state index is 13.0. The summed E-state index contributed by atoms with van der Waals surface area (Å²) in [6.07, 6.45) is 3.22. The SMILES string of the molecule is Cc1ccnc(Nc2cc(Nc3ccc(NC(=O)c4ccccc4Oc4ccccc4)cc3)ncn2)c1. The summed E-state index contributed by atoms with van der Waals surface area (Å²) in [6.45, 7) is 2.00. The van der Waals surface area contributed by atoms with E-state index in [9.17, 15) is 4.79 Å². The van der Waals surface area contributed by atoms with Crippen LogP contribution in [0.5, 0.6) is 11.5 Å². The molecule has 8 nitrogen and oxygen atoms in total. The summed E-state index contributed by atoms with van der Waals surface area (Å²) < 4.78 is 5.91. The molecule has 5 aromatic rings. The van der Waals surface area contributed by atoms with Crippen molar-refractivity contribution in [3.8, 4) is 11.5 Å². The van der Waals surface area contributed by atoms with Gasteiger partial charge in [-0.2, -0.15) is 0 Å². The second kappa shape index (κ2) is 11.0. The average molecular weight is 489 g/mol. The van der Waals surface area contributed by atoms with Gasteiger partial charge >= 0.3 is 0 Å². The Balaban J connectivity index is 1.23. The zero-order valence-electron chi connectivity index (χ0n) is 20.1. The van der Waals surface area contributed by atoms with Crippen molar-refractivity contribution in [2.45, 2.75) is 6.92 Å². The molecule has 37 heavy (non-hydrogen) atoms. The molecule has 0 spiro atoms. The van der Waals surface area contributed by atoms with Crippen molar-refractivity contribution in [3.05, 3.63) is 121 Å². The van der Waals surface area contributed by atoms with Gasteiger partial charge in [0.15, 0.2) is 0 Å². The van der Waals surface area contributed by atoms with Crippen LogP contribution in [0.2, 0.25) is 0 Å². The first kappa shape index (κ1) is 23.5. The monoisotopic (exact) mass is 488 g/mol. The predicted octanol–water partition coefficient (Wildman–Crippen LogP) is 6.71. The van der Waals surface area contributed by atoms with E-state index in [1.54, 1.807) is 30.5 Å². The molecular formula is C29H24N6O2. The number of anilines is 5. The molecule has 0 aliphatic heterocycles. The summed E-state index contributed by atoms with van der Waals surface area (Å²) in [7, 11) is 0. The van der Waals surface area contributed by atoms with Crippen LogP contribution in [0, 0.1) is 6.92 Å². The van der Waals surface area contributed by atoms with Crippen molar-refractivity contribution in [2.75, 3.05) is 16.0 Å². The molecule has 0 saturated carbocycles. The van der Waals surface area contributed by atoms with Crippen molar-refractivity contribution in [1.29, 1.82) is 0 Å². The predicted molar refractivity (Wildman–Crippen MR) is 145 cm³/mol. The number of rotatable bonds is 8. The van der Waals surface area contributed by atoms with Crippen LogP contribution in [0.15, 0.2) is 110 Å². The van der Waals surface area contributed by atoms with Crippen molar-refractivity contribution in [2.24, 2.45) is 0 Å². The molecule has 8 heteroatoms. The summed E-state index contributed by atoms with van der Waals surface area (Å²) >= 11 is 0. The highest BCUT2D eigenvalue weighted by molar-refractivity contribution is 6.06. The number of amides is 1. The number of carbonyl (C=O) groups excluding carboxylic acids is 1. The molecule has 0 atom stereocenters. The number of aromatic nitrogens is 3. The first-order valence-electron chi connectivity index (χ1n) is 11.6. The van der Waals surface area contributed by atoms with Gasteiger partial charge in [-0.1, -0.05) is 30.3 Å². The molecule has 2 aromatic heterocycles. The van der Waals surface area contributed by atoms with Crippen LogP contribution in [-0.2, 0) is 0 Å². The van der Waals surface area contributed by atoms with Gasteiger partial charge in [-0.15, -0.1) is 0 Å². The maximum Gasteiger partial charge on any atom is 0.259 e. The minimum atomic E-state index is -0.261. The summed E-state index contributed by atoms with van der Waals surface area (Å²) in [5, 5.41) is 9.35. The third kappa shape index (κ3) is 6.26. The maximum atomic E-state index is 13.0. The van der Waals surface area contributed by atoms with E-state index in [1.165, 1.54) is 6.33 Å². The number of nitrogens with zero attached hydrogens (tertiary/aromatic N) is 3. The van der Waals surface area contributed by atoms with Crippen LogP contribution in [0.4, 0.5) is 28.8 Å². The van der Waals surface area contributed by atoms with E-state index in [1.807, 2.05) is 79.7 Å². The molecule has 3 N–H and O–H groups in total. The fraction of sp³-hybridized carbons (Fsp3) is 0.0345. The van der Waals surface area contributed by atoms with Crippen LogP contribution >= 0.6 is 0 Å². The molecule has 0 fully saturated rings. The van der Waals surface area contributed by atoms with E-state index in [0.29, 0.717) is 40.2 Å². The number of ether oxygens (including phenoxy) is 1. The number of benzene rings is 3. The van der Waals surface area contributed by atoms with Gasteiger partial charge in [0.2, 0.25) is 0 Å². The van der Waals surface area contributed by atoms with Gasteiger partial charge in [0, 0.05) is 23.6 Å². The van der Waals surface area contributed by atoms with Gasteiger partial charge in [-0.05, 0) is 73.2 Å². The Morgan fingerprint density at radius 2 is 1.38 bits per heavy atom. The molecule has 0 radical (unpaired) electrons. The Kier molecular flexibility index (Phi) is 6.99. The molecule has 0 bridgehead atoms. The number of para-hydroxylation sites is 2. The van der Waals surface area contributed by atoms with Gasteiger partial charge in [-0.25, -0.2) is 15.0 Å². The molecule has 2 heterocycles. The molecule has 1 amide bonds. The van der Waals surface area contributed by atoms with E-state index in [2.05, 4.69) is 30.9 Å². The van der Waals surface area contributed by atoms with Crippen LogP contribution < -0.4 is 20.7 Å². The molecular weight excluding hydrogens is 464 g/mol. The first-order valence-corrected chi connectivity index (χ1v) is 11.6. The standard InChI is InChI=1S/C29H24N6O2/c1-20-15-16-30-26(17-20)35-28-18-27(31-19-32-28)33-21-11-13-22(14-12-21)34-29(36)24-9-5-6-10-25(24)37-23-7-3-2-4-8-23/h2-19H,1H3,(H,34,36)(H2,30,31,32,33,35). The highest BCUT2D eigenvalue weighted by atomic mass is 16.5. The van der Waals surface area contributed by atoms with Crippen molar-refractivity contribution < 1.29 is 9.53 Å². The van der Waals surface area contributed by atoms with Crippen molar-refractivity contribution in [3.63, 3.8) is 0 Å². The lowest BCUT2D eigenvalue weighted by molar-refractivity contribution is 0.102. The van der Waals surface area contributed by atoms with E-state index in [0.717, 1.165) is 11.3 Å². The van der Waals surface area contributed by atoms with Crippen molar-refractivity contribution >= 4 is 34.7 Å². The normalized spacial score (nSPS) is 10.4. The van der Waals surface area contributed by atoms with Crippen LogP contribution in [-0.4, -0.2) is 20.9 Å². The highest BCUT2D eigenvalue weighted by Crippen LogP contribution is 2.26. The quantitative estimate of drug-likeness (QED) is 0.223. The Morgan fingerprint density at radius 3 is 2.16 bits per heavy atom. The third-order valence-electron chi connectivity index (χ3n) is 5.36. The fourth-order valence-corrected chi connectivity index (χ4v) is 3.57. The Morgan fingerprint density at radius 1 is 0.703 bits per heavy atom. The van der Waals surface area contributed by atoms with Gasteiger partial charge in [-0.3, -0.25) is 4.79 Å². The van der Waals surface area contributed by atoms with E-state index >= 15 is 0 Å². The topological polar surface area (TPSA) is 101 Å². The molecule has 0 unspecified atom stereocenters. The summed E-state index contributed by atoms with van der Waals surface area (Å²) in [5.74, 6) is 2.84. The lowest BCUT2D eigenvalue weighted by atomic mass is 10.1. The van der Waals surface area contributed by atoms with Gasteiger partial charge in [0.05, 0.1) is 5.56 Å². The summed E-state index contributed by atoms with van der Waals surface area (Å²) in [6, 6.07) is 29.5. The van der Waals surface area contributed by atoms with E-state index in [4.69, 9.17) is 4.74 Å². The first-order chi connectivity index (χ1) is 18.1. The zero-order valence-corrected chi connectivity index (χ0v) is 20.1. The van der Waals surface area contributed by atoms with Gasteiger partial charge in [0.25, 0.3) is 5.91 Å². The van der Waals surface area contributed by atoms with E-state index < -0.39 is 0 Å². The summed E-state index contributed by atoms with van der Waals surface area (Å²) in [5.41, 5.74) is 3.01. The highest BCUT2D eigenvalue weighted by Gasteiger charge is 2.13. The zero-order chi connectivity index (χ0) is 25.5. The number of carbonyl (C=O) groups is 1. The fourth-order valence-electron chi connectivity index (χ4n) is 3.57. The Labute approximate surface area is 214 Å². The lowest BCUT2D eigenvalue weighted by Crippen LogP contribution is -2.13. The van der Waals surface area contributed by atoms with Gasteiger partial charge in [0.1, 0.15) is 35.3 Å². The average Bonchev–Trinajstić information content (AvgIpc) is 2.91. The van der Waals surface area contributed by atoms with Crippen molar-refractivity contribution in [1.82, 2.24) is 15.0 Å². The minimum Gasteiger partial charge on any atom is -0.457 e. The molecule has 0 saturated heterocycles. The second-order valence-electron chi connectivity index (χ2n) is 8.20. The number of aryl methyl sites for hydroxylation is 1. The Bertz CT molecular complexity index is 1510. The number of hydrogen-bond donors (Lipinski definition) is 3. The van der Waals surface area contributed by atoms with Crippen LogP contribution in [0.1, 0.15) is 15.9 Å². The largest absolute Gasteiger partial charge is 0.457 e. The molecule has 182 valence electrons. The minimum absolute atomic E-state index is 0.261. The molecule has 0 aliphatic rings. The number of nitrogens with one attached hydrogen (secondary N) is 3.